The Balaban J connectivity index is 1.60. The van der Waals surface area contributed by atoms with Crippen LogP contribution in [0.1, 0.15) is 18.9 Å². The molecule has 0 radical (unpaired) electrons. The Morgan fingerprint density at radius 2 is 1.77 bits per heavy atom. The van der Waals surface area contributed by atoms with E-state index in [1.54, 1.807) is 36.8 Å². The van der Waals surface area contributed by atoms with E-state index in [-0.39, 0.29) is 12.5 Å². The molecule has 0 aliphatic heterocycles. The molecule has 6 nitrogen and oxygen atoms in total. The van der Waals surface area contributed by atoms with E-state index in [2.05, 4.69) is 4.98 Å². The second-order valence-electron chi connectivity index (χ2n) is 6.79. The summed E-state index contributed by atoms with van der Waals surface area (Å²) in [6, 6.07) is 14.8. The van der Waals surface area contributed by atoms with E-state index in [4.69, 9.17) is 21.1 Å². The Kier molecular flexibility index (Phi) is 8.15. The van der Waals surface area contributed by atoms with E-state index in [0.717, 1.165) is 24.3 Å². The first-order valence-corrected chi connectivity index (χ1v) is 10.4. The lowest BCUT2D eigenvalue weighted by atomic mass is 10.2. The number of amides is 1. The molecule has 3 aromatic rings. The third-order valence-electron chi connectivity index (χ3n) is 4.54. The highest BCUT2D eigenvalue weighted by Gasteiger charge is 2.15. The summed E-state index contributed by atoms with van der Waals surface area (Å²) in [6.07, 6.45) is 6.27. The van der Waals surface area contributed by atoms with Crippen LogP contribution in [0.15, 0.2) is 67.3 Å². The molecular weight excluding hydrogens is 402 g/mol. The maximum Gasteiger partial charge on any atom is 0.260 e. The van der Waals surface area contributed by atoms with Gasteiger partial charge in [-0.05, 0) is 55.3 Å². The van der Waals surface area contributed by atoms with Crippen molar-refractivity contribution in [3.8, 4) is 11.5 Å². The lowest BCUT2D eigenvalue weighted by Gasteiger charge is -2.23. The molecule has 1 heterocycles. The van der Waals surface area contributed by atoms with Crippen LogP contribution in [0, 0.1) is 0 Å². The normalized spacial score (nSPS) is 10.6. The highest BCUT2D eigenvalue weighted by molar-refractivity contribution is 6.30. The Hall–Kier alpha value is -2.99. The molecule has 0 N–H and O–H groups in total. The van der Waals surface area contributed by atoms with Crippen molar-refractivity contribution in [3.05, 3.63) is 77.8 Å². The Bertz CT molecular complexity index is 896. The van der Waals surface area contributed by atoms with E-state index in [1.807, 2.05) is 46.9 Å². The SMILES string of the molecule is CCOc1ccc(CN(CCCn2ccnc2)C(=O)COc2ccc(Cl)cc2)cc1. The number of carbonyl (C=O) groups excluding carboxylic acids is 1. The second kappa shape index (κ2) is 11.3. The van der Waals surface area contributed by atoms with Gasteiger partial charge in [0.05, 0.1) is 12.9 Å². The summed E-state index contributed by atoms with van der Waals surface area (Å²) in [7, 11) is 0. The average Bonchev–Trinajstić information content (AvgIpc) is 3.27. The van der Waals surface area contributed by atoms with Crippen molar-refractivity contribution in [2.24, 2.45) is 0 Å². The zero-order chi connectivity index (χ0) is 21.2. The molecule has 0 aliphatic carbocycles. The fourth-order valence-electron chi connectivity index (χ4n) is 3.00. The van der Waals surface area contributed by atoms with Crippen LogP contribution in [0.4, 0.5) is 0 Å². The van der Waals surface area contributed by atoms with E-state index in [9.17, 15) is 4.79 Å². The maximum absolute atomic E-state index is 12.9. The number of benzene rings is 2. The van der Waals surface area contributed by atoms with E-state index in [0.29, 0.717) is 30.5 Å². The molecule has 0 spiro atoms. The molecule has 1 amide bonds. The summed E-state index contributed by atoms with van der Waals surface area (Å²) in [5.41, 5.74) is 1.04. The Labute approximate surface area is 182 Å². The predicted octanol–water partition coefficient (Wildman–Crippen LogP) is 4.43. The van der Waals surface area contributed by atoms with Gasteiger partial charge < -0.3 is 18.9 Å². The molecule has 0 bridgehead atoms. The topological polar surface area (TPSA) is 56.6 Å². The molecular formula is C23H26ClN3O3. The van der Waals surface area contributed by atoms with Gasteiger partial charge in [-0.3, -0.25) is 4.79 Å². The van der Waals surface area contributed by atoms with Gasteiger partial charge in [0.25, 0.3) is 5.91 Å². The van der Waals surface area contributed by atoms with Gasteiger partial charge in [-0.1, -0.05) is 23.7 Å². The minimum Gasteiger partial charge on any atom is -0.494 e. The molecule has 0 fully saturated rings. The van der Waals surface area contributed by atoms with Gasteiger partial charge >= 0.3 is 0 Å². The molecule has 0 atom stereocenters. The molecule has 0 saturated heterocycles. The molecule has 30 heavy (non-hydrogen) atoms. The van der Waals surface area contributed by atoms with Crippen LogP contribution in [-0.2, 0) is 17.9 Å². The van der Waals surface area contributed by atoms with Gasteiger partial charge in [0, 0.05) is 37.1 Å². The van der Waals surface area contributed by atoms with Crippen LogP contribution in [0.2, 0.25) is 5.02 Å². The molecule has 3 rings (SSSR count). The second-order valence-corrected chi connectivity index (χ2v) is 7.23. The van der Waals surface area contributed by atoms with E-state index >= 15 is 0 Å². The number of hydrogen-bond acceptors (Lipinski definition) is 4. The standard InChI is InChI=1S/C23H26ClN3O3/c1-2-29-21-8-4-19(5-9-21)16-27(14-3-13-26-15-12-25-18-26)23(28)17-30-22-10-6-20(24)7-11-22/h4-12,15,18H,2-3,13-14,16-17H2,1H3. The van der Waals surface area contributed by atoms with Crippen molar-refractivity contribution in [1.82, 2.24) is 14.5 Å². The molecule has 0 unspecified atom stereocenters. The van der Waals surface area contributed by atoms with Crippen molar-refractivity contribution < 1.29 is 14.3 Å². The number of rotatable bonds is 11. The van der Waals surface area contributed by atoms with Gasteiger partial charge in [0.1, 0.15) is 11.5 Å². The van der Waals surface area contributed by atoms with Crippen molar-refractivity contribution in [2.45, 2.75) is 26.4 Å². The number of aromatic nitrogens is 2. The van der Waals surface area contributed by atoms with Crippen molar-refractivity contribution in [2.75, 3.05) is 19.8 Å². The van der Waals surface area contributed by atoms with Gasteiger partial charge in [-0.25, -0.2) is 4.98 Å². The first kappa shape index (κ1) is 21.7. The number of hydrogen-bond donors (Lipinski definition) is 0. The summed E-state index contributed by atoms with van der Waals surface area (Å²) < 4.78 is 13.2. The molecule has 158 valence electrons. The average molecular weight is 428 g/mol. The lowest BCUT2D eigenvalue weighted by molar-refractivity contribution is -0.134. The van der Waals surface area contributed by atoms with Gasteiger partial charge in [-0.2, -0.15) is 0 Å². The Morgan fingerprint density at radius 3 is 2.43 bits per heavy atom. The fraction of sp³-hybridized carbons (Fsp3) is 0.304. The van der Waals surface area contributed by atoms with Crippen LogP contribution in [0.25, 0.3) is 0 Å². The van der Waals surface area contributed by atoms with Crippen LogP contribution in [-0.4, -0.2) is 40.1 Å². The molecule has 1 aromatic heterocycles. The van der Waals surface area contributed by atoms with Gasteiger partial charge in [0.2, 0.25) is 0 Å². The molecule has 0 aliphatic rings. The number of nitrogens with zero attached hydrogens (tertiary/aromatic N) is 3. The minimum atomic E-state index is -0.0653. The Morgan fingerprint density at radius 1 is 1.07 bits per heavy atom. The maximum atomic E-state index is 12.9. The first-order chi connectivity index (χ1) is 14.6. The highest BCUT2D eigenvalue weighted by Crippen LogP contribution is 2.17. The van der Waals surface area contributed by atoms with Crippen LogP contribution >= 0.6 is 11.6 Å². The smallest absolute Gasteiger partial charge is 0.260 e. The number of ether oxygens (including phenoxy) is 2. The number of halogens is 1. The van der Waals surface area contributed by atoms with Crippen LogP contribution < -0.4 is 9.47 Å². The number of imidazole rings is 1. The zero-order valence-corrected chi connectivity index (χ0v) is 17.8. The highest BCUT2D eigenvalue weighted by atomic mass is 35.5. The van der Waals surface area contributed by atoms with E-state index < -0.39 is 0 Å². The summed E-state index contributed by atoms with van der Waals surface area (Å²) in [5, 5.41) is 0.630. The van der Waals surface area contributed by atoms with Crippen molar-refractivity contribution in [1.29, 1.82) is 0 Å². The predicted molar refractivity (Wildman–Crippen MR) is 117 cm³/mol. The molecule has 2 aromatic carbocycles. The van der Waals surface area contributed by atoms with Crippen LogP contribution in [0.5, 0.6) is 11.5 Å². The summed E-state index contributed by atoms with van der Waals surface area (Å²) in [6.45, 7) is 4.48. The quantitative estimate of drug-likeness (QED) is 0.454. The third-order valence-corrected chi connectivity index (χ3v) is 4.79. The molecule has 7 heteroatoms. The summed E-state index contributed by atoms with van der Waals surface area (Å²) >= 11 is 5.90. The first-order valence-electron chi connectivity index (χ1n) is 9.97. The lowest BCUT2D eigenvalue weighted by Crippen LogP contribution is -2.35. The van der Waals surface area contributed by atoms with Crippen LogP contribution in [0.3, 0.4) is 0 Å². The van der Waals surface area contributed by atoms with E-state index in [1.165, 1.54) is 0 Å². The minimum absolute atomic E-state index is 0.0241. The molecule has 0 saturated carbocycles. The van der Waals surface area contributed by atoms with Gasteiger partial charge in [0.15, 0.2) is 6.61 Å². The fourth-order valence-corrected chi connectivity index (χ4v) is 3.13. The van der Waals surface area contributed by atoms with Gasteiger partial charge in [-0.15, -0.1) is 0 Å². The third kappa shape index (κ3) is 6.81. The largest absolute Gasteiger partial charge is 0.494 e. The van der Waals surface area contributed by atoms with Crippen molar-refractivity contribution >= 4 is 17.5 Å². The number of carbonyl (C=O) groups is 1. The summed E-state index contributed by atoms with van der Waals surface area (Å²) in [5.74, 6) is 1.38. The van der Waals surface area contributed by atoms with Crippen molar-refractivity contribution in [3.63, 3.8) is 0 Å². The summed E-state index contributed by atoms with van der Waals surface area (Å²) in [4.78, 5) is 18.8. The zero-order valence-electron chi connectivity index (χ0n) is 17.0. The number of aryl methyl sites for hydroxylation is 1. The monoisotopic (exact) mass is 427 g/mol.